The minimum absolute atomic E-state index is 0.239. The highest BCUT2D eigenvalue weighted by Gasteiger charge is 2.39. The maximum Gasteiger partial charge on any atom is 0.337 e. The molecular weight excluding hydrogens is 366 g/mol. The van der Waals surface area contributed by atoms with Crippen molar-refractivity contribution < 1.29 is 19.1 Å². The molecule has 2 aromatic rings. The van der Waals surface area contributed by atoms with Crippen molar-refractivity contribution >= 4 is 17.6 Å². The summed E-state index contributed by atoms with van der Waals surface area (Å²) in [6.07, 6.45) is 0. The van der Waals surface area contributed by atoms with Gasteiger partial charge in [0.25, 0.3) is 0 Å². The van der Waals surface area contributed by atoms with E-state index in [2.05, 4.69) is 5.32 Å². The van der Waals surface area contributed by atoms with Crippen LogP contribution in [-0.2, 0) is 19.1 Å². The van der Waals surface area contributed by atoms with Gasteiger partial charge in [-0.1, -0.05) is 60.7 Å². The lowest BCUT2D eigenvalue weighted by atomic mass is 9.79. The predicted molar refractivity (Wildman–Crippen MR) is 112 cm³/mol. The number of nitrogens with one attached hydrogen (secondary N) is 1. The zero-order valence-corrected chi connectivity index (χ0v) is 16.9. The number of benzene rings is 2. The normalized spacial score (nSPS) is 16.3. The van der Waals surface area contributed by atoms with E-state index in [0.717, 1.165) is 11.1 Å². The molecule has 1 aliphatic heterocycles. The van der Waals surface area contributed by atoms with Gasteiger partial charge in [-0.3, -0.25) is 0 Å². The van der Waals surface area contributed by atoms with E-state index >= 15 is 0 Å². The quantitative estimate of drug-likeness (QED) is 0.748. The van der Waals surface area contributed by atoms with Crippen molar-refractivity contribution in [2.75, 3.05) is 13.2 Å². The smallest absolute Gasteiger partial charge is 0.337 e. The summed E-state index contributed by atoms with van der Waals surface area (Å²) in [7, 11) is 0. The van der Waals surface area contributed by atoms with E-state index < -0.39 is 17.9 Å². The Labute approximate surface area is 171 Å². The number of ether oxygens (including phenoxy) is 2. The fourth-order valence-corrected chi connectivity index (χ4v) is 3.55. The summed E-state index contributed by atoms with van der Waals surface area (Å²) in [5, 5.41) is 3.27. The summed E-state index contributed by atoms with van der Waals surface area (Å²) < 4.78 is 10.7. The van der Waals surface area contributed by atoms with Gasteiger partial charge in [-0.15, -0.1) is 0 Å². The molecule has 1 atom stereocenters. The molecule has 0 saturated heterocycles. The van der Waals surface area contributed by atoms with Gasteiger partial charge in [0.15, 0.2) is 0 Å². The van der Waals surface area contributed by atoms with E-state index in [-0.39, 0.29) is 13.2 Å². The Hall–Kier alpha value is -3.34. The first-order valence-corrected chi connectivity index (χ1v) is 9.75. The maximum absolute atomic E-state index is 13.1. The lowest BCUT2D eigenvalue weighted by Crippen LogP contribution is -2.32. The Morgan fingerprint density at radius 2 is 1.34 bits per heavy atom. The van der Waals surface area contributed by atoms with Crippen LogP contribution in [0.5, 0.6) is 0 Å². The van der Waals surface area contributed by atoms with Crippen LogP contribution in [0.2, 0.25) is 0 Å². The van der Waals surface area contributed by atoms with Crippen molar-refractivity contribution in [2.45, 2.75) is 26.7 Å². The van der Waals surface area contributed by atoms with Gasteiger partial charge < -0.3 is 14.8 Å². The van der Waals surface area contributed by atoms with Crippen LogP contribution in [0.15, 0.2) is 77.5 Å². The van der Waals surface area contributed by atoms with E-state index in [0.29, 0.717) is 22.5 Å². The molecule has 5 heteroatoms. The van der Waals surface area contributed by atoms with Crippen molar-refractivity contribution in [2.24, 2.45) is 0 Å². The van der Waals surface area contributed by atoms with Crippen LogP contribution in [-0.4, -0.2) is 25.2 Å². The van der Waals surface area contributed by atoms with Crippen LogP contribution in [0.1, 0.15) is 37.8 Å². The van der Waals surface area contributed by atoms with E-state index in [1.807, 2.05) is 67.6 Å². The SMILES string of the molecule is CCOC(=O)C1=C(C)NC(c2ccccc2)=C(C(=O)OCC)[C@H]1c1ccccc1. The Morgan fingerprint density at radius 3 is 1.90 bits per heavy atom. The zero-order chi connectivity index (χ0) is 20.8. The van der Waals surface area contributed by atoms with Crippen LogP contribution >= 0.6 is 0 Å². The number of carbonyl (C=O) groups excluding carboxylic acids is 2. The third kappa shape index (κ3) is 4.24. The van der Waals surface area contributed by atoms with E-state index in [4.69, 9.17) is 9.47 Å². The minimum Gasteiger partial charge on any atom is -0.463 e. The highest BCUT2D eigenvalue weighted by Crippen LogP contribution is 2.41. The lowest BCUT2D eigenvalue weighted by molar-refractivity contribution is -0.139. The van der Waals surface area contributed by atoms with Crippen molar-refractivity contribution in [3.63, 3.8) is 0 Å². The molecule has 150 valence electrons. The first kappa shape index (κ1) is 20.4. The third-order valence-electron chi connectivity index (χ3n) is 4.75. The molecule has 0 bridgehead atoms. The fourth-order valence-electron chi connectivity index (χ4n) is 3.55. The molecule has 0 fully saturated rings. The molecule has 0 spiro atoms. The topological polar surface area (TPSA) is 64.6 Å². The van der Waals surface area contributed by atoms with Crippen molar-refractivity contribution in [1.29, 1.82) is 0 Å². The van der Waals surface area contributed by atoms with Crippen LogP contribution in [0.4, 0.5) is 0 Å². The average Bonchev–Trinajstić information content (AvgIpc) is 2.74. The minimum atomic E-state index is -0.592. The van der Waals surface area contributed by atoms with Crippen molar-refractivity contribution in [3.05, 3.63) is 88.6 Å². The number of hydrogen-bond acceptors (Lipinski definition) is 5. The molecule has 0 unspecified atom stereocenters. The molecule has 0 aliphatic carbocycles. The number of hydrogen-bond donors (Lipinski definition) is 1. The number of allylic oxidation sites excluding steroid dienone is 1. The Bertz CT molecular complexity index is 945. The number of carbonyl (C=O) groups is 2. The van der Waals surface area contributed by atoms with Gasteiger partial charge in [-0.25, -0.2) is 9.59 Å². The molecule has 1 aliphatic rings. The zero-order valence-electron chi connectivity index (χ0n) is 16.9. The standard InChI is InChI=1S/C24H25NO4/c1-4-28-23(26)19-16(3)25-22(18-14-10-7-11-15-18)21(24(27)29-5-2)20(19)17-12-8-6-9-13-17/h6-15,20,25H,4-5H2,1-3H3/t20-/m0/s1. The van der Waals surface area contributed by atoms with Crippen LogP contribution in [0.25, 0.3) is 5.70 Å². The van der Waals surface area contributed by atoms with E-state index in [1.54, 1.807) is 13.8 Å². The van der Waals surface area contributed by atoms with Gasteiger partial charge in [-0.2, -0.15) is 0 Å². The first-order chi connectivity index (χ1) is 14.1. The van der Waals surface area contributed by atoms with Crippen molar-refractivity contribution in [1.82, 2.24) is 5.32 Å². The van der Waals surface area contributed by atoms with Gasteiger partial charge in [0.05, 0.1) is 36.0 Å². The lowest BCUT2D eigenvalue weighted by Gasteiger charge is -2.31. The molecule has 3 rings (SSSR count). The van der Waals surface area contributed by atoms with Crippen LogP contribution in [0.3, 0.4) is 0 Å². The molecular formula is C24H25NO4. The number of rotatable bonds is 6. The summed E-state index contributed by atoms with van der Waals surface area (Å²) >= 11 is 0. The van der Waals surface area contributed by atoms with Gasteiger partial charge in [0.2, 0.25) is 0 Å². The highest BCUT2D eigenvalue weighted by molar-refractivity contribution is 6.05. The van der Waals surface area contributed by atoms with Gasteiger partial charge in [0, 0.05) is 5.70 Å². The molecule has 0 amide bonds. The largest absolute Gasteiger partial charge is 0.463 e. The second-order valence-electron chi connectivity index (χ2n) is 6.60. The summed E-state index contributed by atoms with van der Waals surface area (Å²) in [5.74, 6) is -1.49. The van der Waals surface area contributed by atoms with Gasteiger partial charge in [-0.05, 0) is 31.9 Å². The van der Waals surface area contributed by atoms with Crippen LogP contribution < -0.4 is 5.32 Å². The molecule has 0 aromatic heterocycles. The van der Waals surface area contributed by atoms with Crippen molar-refractivity contribution in [3.8, 4) is 0 Å². The van der Waals surface area contributed by atoms with Gasteiger partial charge in [0.1, 0.15) is 0 Å². The second-order valence-corrected chi connectivity index (χ2v) is 6.60. The highest BCUT2D eigenvalue weighted by atomic mass is 16.5. The Balaban J connectivity index is 2.27. The summed E-state index contributed by atoms with van der Waals surface area (Å²) in [4.78, 5) is 26.0. The average molecular weight is 391 g/mol. The molecule has 5 nitrogen and oxygen atoms in total. The third-order valence-corrected chi connectivity index (χ3v) is 4.75. The van der Waals surface area contributed by atoms with E-state index in [1.165, 1.54) is 0 Å². The van der Waals surface area contributed by atoms with Gasteiger partial charge >= 0.3 is 11.9 Å². The molecule has 1 N–H and O–H groups in total. The summed E-state index contributed by atoms with van der Waals surface area (Å²) in [6.45, 7) is 5.85. The molecule has 2 aromatic carbocycles. The molecule has 0 radical (unpaired) electrons. The number of esters is 2. The first-order valence-electron chi connectivity index (χ1n) is 9.75. The second kappa shape index (κ2) is 9.24. The summed E-state index contributed by atoms with van der Waals surface area (Å²) in [5.41, 5.74) is 3.79. The summed E-state index contributed by atoms with van der Waals surface area (Å²) in [6, 6.07) is 19.1. The molecule has 0 saturated carbocycles. The Morgan fingerprint density at radius 1 is 0.828 bits per heavy atom. The van der Waals surface area contributed by atoms with Crippen LogP contribution in [0, 0.1) is 0 Å². The van der Waals surface area contributed by atoms with E-state index in [9.17, 15) is 9.59 Å². The Kier molecular flexibility index (Phi) is 6.50. The monoisotopic (exact) mass is 391 g/mol. The maximum atomic E-state index is 13.1. The molecule has 1 heterocycles. The number of dihydropyridines is 1. The molecule has 29 heavy (non-hydrogen) atoms. The predicted octanol–water partition coefficient (Wildman–Crippen LogP) is 4.18. The fraction of sp³-hybridized carbons (Fsp3) is 0.250.